The van der Waals surface area contributed by atoms with Crippen LogP contribution in [-0.2, 0) is 4.79 Å². The van der Waals surface area contributed by atoms with Gasteiger partial charge in [0.15, 0.2) is 0 Å². The van der Waals surface area contributed by atoms with Gasteiger partial charge >= 0.3 is 0 Å². The Hall–Kier alpha value is -1.55. The summed E-state index contributed by atoms with van der Waals surface area (Å²) >= 11 is 0. The second-order valence-corrected chi connectivity index (χ2v) is 6.44. The van der Waals surface area contributed by atoms with Crippen molar-refractivity contribution < 1.29 is 9.90 Å². The van der Waals surface area contributed by atoms with Crippen LogP contribution in [0.1, 0.15) is 45.3 Å². The van der Waals surface area contributed by atoms with Crippen molar-refractivity contribution in [2.75, 3.05) is 18.0 Å². The molecule has 0 spiro atoms. The predicted molar refractivity (Wildman–Crippen MR) is 80.7 cm³/mol. The molecule has 4 heteroatoms. The Morgan fingerprint density at radius 2 is 2.10 bits per heavy atom. The van der Waals surface area contributed by atoms with Crippen LogP contribution in [0.3, 0.4) is 0 Å². The fourth-order valence-electron chi connectivity index (χ4n) is 2.60. The number of fused-ring (bicyclic) bond motifs is 1. The summed E-state index contributed by atoms with van der Waals surface area (Å²) in [7, 11) is 0. The summed E-state index contributed by atoms with van der Waals surface area (Å²) in [4.78, 5) is 14.2. The average molecular weight is 276 g/mol. The maximum Gasteiger partial charge on any atom is 0.239 e. The molecule has 1 aromatic carbocycles. The molecule has 1 aromatic rings. The van der Waals surface area contributed by atoms with E-state index in [9.17, 15) is 9.90 Å². The summed E-state index contributed by atoms with van der Waals surface area (Å²) in [6, 6.07) is 7.81. The number of nitrogens with zero attached hydrogens (tertiary/aromatic N) is 1. The van der Waals surface area contributed by atoms with Crippen LogP contribution in [0.4, 0.5) is 5.69 Å². The van der Waals surface area contributed by atoms with E-state index in [0.717, 1.165) is 30.6 Å². The second-order valence-electron chi connectivity index (χ2n) is 6.44. The summed E-state index contributed by atoms with van der Waals surface area (Å²) in [6.45, 7) is 7.06. The van der Waals surface area contributed by atoms with Crippen molar-refractivity contribution in [1.29, 1.82) is 0 Å². The molecule has 0 fully saturated rings. The SMILES string of the molecule is CC(C)(C)NC(=O)CN1CCCC(O)c2ccccc21. The van der Waals surface area contributed by atoms with E-state index in [4.69, 9.17) is 0 Å². The van der Waals surface area contributed by atoms with Gasteiger partial charge < -0.3 is 15.3 Å². The lowest BCUT2D eigenvalue weighted by molar-refractivity contribution is -0.121. The predicted octanol–water partition coefficient (Wildman–Crippen LogP) is 2.23. The van der Waals surface area contributed by atoms with Crippen molar-refractivity contribution in [3.05, 3.63) is 29.8 Å². The van der Waals surface area contributed by atoms with Gasteiger partial charge in [0, 0.05) is 23.3 Å². The van der Waals surface area contributed by atoms with E-state index in [2.05, 4.69) is 10.2 Å². The van der Waals surface area contributed by atoms with Crippen LogP contribution in [-0.4, -0.2) is 29.6 Å². The van der Waals surface area contributed by atoms with Crippen molar-refractivity contribution >= 4 is 11.6 Å². The summed E-state index contributed by atoms with van der Waals surface area (Å²) in [6.07, 6.45) is 1.20. The van der Waals surface area contributed by atoms with Gasteiger partial charge in [0.25, 0.3) is 0 Å². The van der Waals surface area contributed by atoms with Crippen LogP contribution in [0.5, 0.6) is 0 Å². The lowest BCUT2D eigenvalue weighted by atomic mass is 10.0. The fraction of sp³-hybridized carbons (Fsp3) is 0.562. The Bertz CT molecular complexity index is 480. The Kier molecular flexibility index (Phi) is 4.33. The van der Waals surface area contributed by atoms with E-state index in [0.29, 0.717) is 6.54 Å². The van der Waals surface area contributed by atoms with E-state index in [-0.39, 0.29) is 11.4 Å². The van der Waals surface area contributed by atoms with Crippen LogP contribution < -0.4 is 10.2 Å². The third kappa shape index (κ3) is 3.73. The highest BCUT2D eigenvalue weighted by atomic mass is 16.3. The molecular formula is C16H24N2O2. The molecule has 0 saturated carbocycles. The smallest absolute Gasteiger partial charge is 0.239 e. The zero-order valence-electron chi connectivity index (χ0n) is 12.5. The summed E-state index contributed by atoms with van der Waals surface area (Å²) < 4.78 is 0. The average Bonchev–Trinajstić information content (AvgIpc) is 2.49. The number of para-hydroxylation sites is 1. The number of anilines is 1. The van der Waals surface area contributed by atoms with E-state index >= 15 is 0 Å². The first-order valence-corrected chi connectivity index (χ1v) is 7.20. The molecule has 1 heterocycles. The quantitative estimate of drug-likeness (QED) is 0.871. The number of hydrogen-bond donors (Lipinski definition) is 2. The first-order chi connectivity index (χ1) is 9.37. The maximum absolute atomic E-state index is 12.1. The first kappa shape index (κ1) is 14.9. The molecule has 0 saturated heterocycles. The van der Waals surface area contributed by atoms with Crippen LogP contribution in [0.2, 0.25) is 0 Å². The van der Waals surface area contributed by atoms with Crippen molar-refractivity contribution in [3.8, 4) is 0 Å². The van der Waals surface area contributed by atoms with Crippen molar-refractivity contribution in [2.24, 2.45) is 0 Å². The Morgan fingerprint density at radius 3 is 2.80 bits per heavy atom. The minimum atomic E-state index is -0.429. The number of nitrogens with one attached hydrogen (secondary N) is 1. The number of hydrogen-bond acceptors (Lipinski definition) is 3. The normalized spacial score (nSPS) is 19.2. The van der Waals surface area contributed by atoms with Gasteiger partial charge in [-0.05, 0) is 39.7 Å². The van der Waals surface area contributed by atoms with E-state index in [1.807, 2.05) is 45.0 Å². The van der Waals surface area contributed by atoms with E-state index in [1.54, 1.807) is 0 Å². The Morgan fingerprint density at radius 1 is 1.40 bits per heavy atom. The zero-order valence-corrected chi connectivity index (χ0v) is 12.5. The molecule has 1 atom stereocenters. The molecule has 1 amide bonds. The largest absolute Gasteiger partial charge is 0.388 e. The summed E-state index contributed by atoms with van der Waals surface area (Å²) in [5.74, 6) is 0.0173. The Balaban J connectivity index is 2.16. The second kappa shape index (κ2) is 5.83. The molecule has 0 bridgehead atoms. The third-order valence-electron chi connectivity index (χ3n) is 3.39. The molecule has 2 N–H and O–H groups in total. The number of aliphatic hydroxyl groups is 1. The van der Waals surface area contributed by atoms with Crippen LogP contribution in [0.25, 0.3) is 0 Å². The Labute approximate surface area is 120 Å². The van der Waals surface area contributed by atoms with Gasteiger partial charge in [-0.2, -0.15) is 0 Å². The topological polar surface area (TPSA) is 52.6 Å². The van der Waals surface area contributed by atoms with Crippen molar-refractivity contribution in [3.63, 3.8) is 0 Å². The highest BCUT2D eigenvalue weighted by molar-refractivity contribution is 5.82. The minimum Gasteiger partial charge on any atom is -0.388 e. The third-order valence-corrected chi connectivity index (χ3v) is 3.39. The molecule has 1 aliphatic heterocycles. The van der Waals surface area contributed by atoms with Crippen LogP contribution in [0.15, 0.2) is 24.3 Å². The monoisotopic (exact) mass is 276 g/mol. The number of carbonyl (C=O) groups excluding carboxylic acids is 1. The van der Waals surface area contributed by atoms with E-state index in [1.165, 1.54) is 0 Å². The van der Waals surface area contributed by atoms with Gasteiger partial charge in [0.05, 0.1) is 12.6 Å². The number of rotatable bonds is 2. The molecule has 110 valence electrons. The van der Waals surface area contributed by atoms with Gasteiger partial charge in [-0.15, -0.1) is 0 Å². The maximum atomic E-state index is 12.1. The lowest BCUT2D eigenvalue weighted by Gasteiger charge is -2.27. The number of benzene rings is 1. The van der Waals surface area contributed by atoms with Gasteiger partial charge in [-0.1, -0.05) is 18.2 Å². The highest BCUT2D eigenvalue weighted by Crippen LogP contribution is 2.32. The van der Waals surface area contributed by atoms with Crippen molar-refractivity contribution in [2.45, 2.75) is 45.3 Å². The summed E-state index contributed by atoms with van der Waals surface area (Å²) in [5, 5.41) is 13.1. The molecule has 1 aliphatic rings. The number of carbonyl (C=O) groups is 1. The molecule has 0 aromatic heterocycles. The molecule has 4 nitrogen and oxygen atoms in total. The van der Waals surface area contributed by atoms with Gasteiger partial charge in [0.1, 0.15) is 0 Å². The molecule has 1 unspecified atom stereocenters. The number of aliphatic hydroxyl groups excluding tert-OH is 1. The van der Waals surface area contributed by atoms with E-state index < -0.39 is 6.10 Å². The molecule has 20 heavy (non-hydrogen) atoms. The first-order valence-electron chi connectivity index (χ1n) is 7.20. The molecule has 0 aliphatic carbocycles. The van der Waals surface area contributed by atoms with Gasteiger partial charge in [-0.25, -0.2) is 0 Å². The minimum absolute atomic E-state index is 0.0173. The fourth-order valence-corrected chi connectivity index (χ4v) is 2.60. The highest BCUT2D eigenvalue weighted by Gasteiger charge is 2.23. The lowest BCUT2D eigenvalue weighted by Crippen LogP contribution is -2.46. The number of amides is 1. The molecular weight excluding hydrogens is 252 g/mol. The van der Waals surface area contributed by atoms with Crippen LogP contribution in [0, 0.1) is 0 Å². The van der Waals surface area contributed by atoms with Crippen LogP contribution >= 0.6 is 0 Å². The van der Waals surface area contributed by atoms with Gasteiger partial charge in [-0.3, -0.25) is 4.79 Å². The summed E-state index contributed by atoms with van der Waals surface area (Å²) in [5.41, 5.74) is 1.68. The zero-order chi connectivity index (χ0) is 14.8. The van der Waals surface area contributed by atoms with Gasteiger partial charge in [0.2, 0.25) is 5.91 Å². The molecule has 2 rings (SSSR count). The standard InChI is InChI=1S/C16H24N2O2/c1-16(2,3)17-15(20)11-18-10-6-9-14(19)12-7-4-5-8-13(12)18/h4-5,7-8,14,19H,6,9-11H2,1-3H3,(H,17,20). The molecule has 0 radical (unpaired) electrons. The van der Waals surface area contributed by atoms with Crippen molar-refractivity contribution in [1.82, 2.24) is 5.32 Å².